The molecular weight excluding hydrogens is 306 g/mol. The molecule has 1 fully saturated rings. The number of aromatic nitrogens is 2. The molecule has 3 rings (SSSR count). The maximum atomic E-state index is 12.9. The van der Waals surface area contributed by atoms with Gasteiger partial charge in [0, 0.05) is 52.2 Å². The van der Waals surface area contributed by atoms with E-state index >= 15 is 0 Å². The van der Waals surface area contributed by atoms with Crippen LogP contribution in [-0.2, 0) is 23.0 Å². The van der Waals surface area contributed by atoms with Crippen LogP contribution in [0.15, 0.2) is 6.33 Å². The highest BCUT2D eigenvalue weighted by molar-refractivity contribution is 5.83. The van der Waals surface area contributed by atoms with E-state index < -0.39 is 0 Å². The van der Waals surface area contributed by atoms with Crippen molar-refractivity contribution in [3.8, 4) is 0 Å². The zero-order valence-corrected chi connectivity index (χ0v) is 15.0. The van der Waals surface area contributed by atoms with Crippen LogP contribution < -0.4 is 5.32 Å². The van der Waals surface area contributed by atoms with Gasteiger partial charge in [0.05, 0.1) is 30.9 Å². The zero-order chi connectivity index (χ0) is 17.1. The van der Waals surface area contributed by atoms with Gasteiger partial charge in [-0.15, -0.1) is 0 Å². The average molecular weight is 335 g/mol. The molecule has 3 heterocycles. The predicted molar refractivity (Wildman–Crippen MR) is 91.8 cm³/mol. The van der Waals surface area contributed by atoms with Crippen molar-refractivity contribution < 1.29 is 9.53 Å². The molecule has 7 heteroatoms. The van der Waals surface area contributed by atoms with E-state index in [1.165, 1.54) is 0 Å². The Labute approximate surface area is 144 Å². The highest BCUT2D eigenvalue weighted by Crippen LogP contribution is 2.30. The molecule has 0 aromatic carbocycles. The van der Waals surface area contributed by atoms with Crippen LogP contribution in [0, 0.1) is 0 Å². The lowest BCUT2D eigenvalue weighted by atomic mass is 10.00. The molecule has 134 valence electrons. The third-order valence-electron chi connectivity index (χ3n) is 5.00. The normalized spacial score (nSPS) is 22.6. The molecular formula is C17H29N5O2. The number of imidazole rings is 1. The molecule has 0 spiro atoms. The quantitative estimate of drug-likeness (QED) is 0.831. The molecule has 0 aliphatic carbocycles. The van der Waals surface area contributed by atoms with Crippen LogP contribution in [0.2, 0.25) is 0 Å². The average Bonchev–Trinajstić information content (AvgIpc) is 2.96. The standard InChI is InChI=1S/C17H29N5O2/c1-13(2)22-6-4-14-15(20(3)12-19-14)16(22)17(23)18-5-7-21-8-10-24-11-9-21/h12-13,16H,4-11H2,1-3H3,(H,18,23). The first-order valence-corrected chi connectivity index (χ1v) is 8.91. The lowest BCUT2D eigenvalue weighted by Gasteiger charge is -2.37. The second-order valence-electron chi connectivity index (χ2n) is 6.92. The number of hydrogen-bond donors (Lipinski definition) is 1. The van der Waals surface area contributed by atoms with E-state index in [1.54, 1.807) is 0 Å². The van der Waals surface area contributed by atoms with E-state index in [1.807, 2.05) is 17.9 Å². The highest BCUT2D eigenvalue weighted by Gasteiger charge is 2.37. The number of aryl methyl sites for hydroxylation is 1. The van der Waals surface area contributed by atoms with Crippen LogP contribution in [-0.4, -0.2) is 77.2 Å². The maximum Gasteiger partial charge on any atom is 0.243 e. The van der Waals surface area contributed by atoms with Gasteiger partial charge in [0.1, 0.15) is 6.04 Å². The molecule has 1 aromatic rings. The minimum atomic E-state index is -0.245. The minimum Gasteiger partial charge on any atom is -0.379 e. The van der Waals surface area contributed by atoms with E-state index in [0.29, 0.717) is 12.6 Å². The Morgan fingerprint density at radius 2 is 2.12 bits per heavy atom. The van der Waals surface area contributed by atoms with Crippen LogP contribution in [0.4, 0.5) is 0 Å². The summed E-state index contributed by atoms with van der Waals surface area (Å²) in [7, 11) is 1.98. The molecule has 0 radical (unpaired) electrons. The maximum absolute atomic E-state index is 12.9. The molecule has 1 atom stereocenters. The van der Waals surface area contributed by atoms with Crippen molar-refractivity contribution in [1.29, 1.82) is 0 Å². The third kappa shape index (κ3) is 3.63. The Hall–Kier alpha value is -1.44. The number of carbonyl (C=O) groups is 1. The van der Waals surface area contributed by atoms with Gasteiger partial charge < -0.3 is 14.6 Å². The van der Waals surface area contributed by atoms with Crippen molar-refractivity contribution in [1.82, 2.24) is 24.7 Å². The summed E-state index contributed by atoms with van der Waals surface area (Å²) in [6.07, 6.45) is 2.73. The lowest BCUT2D eigenvalue weighted by molar-refractivity contribution is -0.128. The highest BCUT2D eigenvalue weighted by atomic mass is 16.5. The van der Waals surface area contributed by atoms with Gasteiger partial charge in [-0.3, -0.25) is 14.6 Å². The number of morpholine rings is 1. The Morgan fingerprint density at radius 1 is 1.38 bits per heavy atom. The minimum absolute atomic E-state index is 0.0847. The summed E-state index contributed by atoms with van der Waals surface area (Å²) in [5.74, 6) is 0.0847. The van der Waals surface area contributed by atoms with E-state index in [0.717, 1.165) is 57.2 Å². The van der Waals surface area contributed by atoms with Crippen LogP contribution in [0.3, 0.4) is 0 Å². The fraction of sp³-hybridized carbons (Fsp3) is 0.765. The summed E-state index contributed by atoms with van der Waals surface area (Å²) in [6.45, 7) is 10.2. The van der Waals surface area contributed by atoms with Gasteiger partial charge >= 0.3 is 0 Å². The molecule has 1 amide bonds. The summed E-state index contributed by atoms with van der Waals surface area (Å²) in [5, 5.41) is 3.14. The number of nitrogens with one attached hydrogen (secondary N) is 1. The van der Waals surface area contributed by atoms with Crippen LogP contribution in [0.5, 0.6) is 0 Å². The zero-order valence-electron chi connectivity index (χ0n) is 15.0. The predicted octanol–water partition coefficient (Wildman–Crippen LogP) is 0.176. The van der Waals surface area contributed by atoms with Gasteiger partial charge in [0.15, 0.2) is 0 Å². The molecule has 7 nitrogen and oxygen atoms in total. The third-order valence-corrected chi connectivity index (χ3v) is 5.00. The fourth-order valence-electron chi connectivity index (χ4n) is 3.64. The first-order chi connectivity index (χ1) is 11.6. The molecule has 0 bridgehead atoms. The number of fused-ring (bicyclic) bond motifs is 1. The number of carbonyl (C=O) groups excluding carboxylic acids is 1. The largest absolute Gasteiger partial charge is 0.379 e. The molecule has 2 aliphatic rings. The van der Waals surface area contributed by atoms with Gasteiger partial charge in [-0.25, -0.2) is 4.98 Å². The molecule has 1 N–H and O–H groups in total. The van der Waals surface area contributed by atoms with E-state index in [-0.39, 0.29) is 11.9 Å². The molecule has 2 aliphatic heterocycles. The molecule has 1 aromatic heterocycles. The Kier molecular flexibility index (Phi) is 5.53. The molecule has 1 saturated heterocycles. The summed E-state index contributed by atoms with van der Waals surface area (Å²) in [6, 6.07) is 0.0778. The topological polar surface area (TPSA) is 62.6 Å². The van der Waals surface area contributed by atoms with Gasteiger partial charge in [-0.2, -0.15) is 0 Å². The van der Waals surface area contributed by atoms with Crippen LogP contribution in [0.1, 0.15) is 31.3 Å². The summed E-state index contributed by atoms with van der Waals surface area (Å²) in [4.78, 5) is 22.0. The first-order valence-electron chi connectivity index (χ1n) is 8.91. The molecule has 1 unspecified atom stereocenters. The summed E-state index contributed by atoms with van der Waals surface area (Å²) in [5.41, 5.74) is 2.10. The van der Waals surface area contributed by atoms with Crippen molar-refractivity contribution in [3.05, 3.63) is 17.7 Å². The number of amides is 1. The van der Waals surface area contributed by atoms with E-state index in [2.05, 4.69) is 33.9 Å². The first kappa shape index (κ1) is 17.4. The van der Waals surface area contributed by atoms with Crippen LogP contribution >= 0.6 is 0 Å². The monoisotopic (exact) mass is 335 g/mol. The fourth-order valence-corrected chi connectivity index (χ4v) is 3.64. The SMILES string of the molecule is CC(C)N1CCc2ncn(C)c2C1C(=O)NCCN1CCOCC1. The van der Waals surface area contributed by atoms with Crippen molar-refractivity contribution in [2.45, 2.75) is 32.4 Å². The van der Waals surface area contributed by atoms with Gasteiger partial charge in [0.25, 0.3) is 0 Å². The van der Waals surface area contributed by atoms with Crippen molar-refractivity contribution in [2.24, 2.45) is 7.05 Å². The van der Waals surface area contributed by atoms with Crippen molar-refractivity contribution in [2.75, 3.05) is 45.9 Å². The van der Waals surface area contributed by atoms with Gasteiger partial charge in [-0.05, 0) is 13.8 Å². The lowest BCUT2D eigenvalue weighted by Crippen LogP contribution is -2.49. The number of ether oxygens (including phenoxy) is 1. The van der Waals surface area contributed by atoms with E-state index in [9.17, 15) is 4.79 Å². The summed E-state index contributed by atoms with van der Waals surface area (Å²) >= 11 is 0. The van der Waals surface area contributed by atoms with E-state index in [4.69, 9.17) is 4.74 Å². The second kappa shape index (κ2) is 7.63. The smallest absolute Gasteiger partial charge is 0.243 e. The Balaban J connectivity index is 1.65. The number of nitrogens with zero attached hydrogens (tertiary/aromatic N) is 4. The second-order valence-corrected chi connectivity index (χ2v) is 6.92. The van der Waals surface area contributed by atoms with Crippen LogP contribution in [0.25, 0.3) is 0 Å². The summed E-state index contributed by atoms with van der Waals surface area (Å²) < 4.78 is 7.36. The number of rotatable bonds is 5. The number of hydrogen-bond acceptors (Lipinski definition) is 5. The van der Waals surface area contributed by atoms with Crippen molar-refractivity contribution >= 4 is 5.91 Å². The van der Waals surface area contributed by atoms with Gasteiger partial charge in [0.2, 0.25) is 5.91 Å². The van der Waals surface area contributed by atoms with Gasteiger partial charge in [-0.1, -0.05) is 0 Å². The Morgan fingerprint density at radius 3 is 2.83 bits per heavy atom. The molecule has 0 saturated carbocycles. The Bertz CT molecular complexity index is 565. The van der Waals surface area contributed by atoms with Crippen molar-refractivity contribution in [3.63, 3.8) is 0 Å². The molecule has 24 heavy (non-hydrogen) atoms.